The third-order valence-corrected chi connectivity index (χ3v) is 3.72. The molecule has 1 heterocycles. The van der Waals surface area contributed by atoms with Crippen LogP contribution in [0.1, 0.15) is 36.8 Å². The molecule has 0 spiro atoms. The smallest absolute Gasteiger partial charge is 0.304 e. The minimum atomic E-state index is -0.818. The summed E-state index contributed by atoms with van der Waals surface area (Å²) in [6.07, 6.45) is 2.96. The van der Waals surface area contributed by atoms with Gasteiger partial charge in [-0.2, -0.15) is 5.26 Å². The van der Waals surface area contributed by atoms with Crippen LogP contribution in [0, 0.1) is 17.1 Å². The van der Waals surface area contributed by atoms with Crippen LogP contribution in [-0.4, -0.2) is 28.6 Å². The van der Waals surface area contributed by atoms with Gasteiger partial charge in [-0.1, -0.05) is 6.42 Å². The van der Waals surface area contributed by atoms with Crippen molar-refractivity contribution < 1.29 is 14.3 Å². The molecule has 1 N–H and O–H groups in total. The number of carboxylic acids is 1. The largest absolute Gasteiger partial charge is 0.481 e. The molecule has 0 amide bonds. The fourth-order valence-corrected chi connectivity index (χ4v) is 2.72. The van der Waals surface area contributed by atoms with Crippen molar-refractivity contribution in [2.75, 3.05) is 6.54 Å². The lowest BCUT2D eigenvalue weighted by atomic mass is 9.97. The van der Waals surface area contributed by atoms with Gasteiger partial charge in [-0.3, -0.25) is 9.69 Å². The molecule has 1 aromatic carbocycles. The number of piperidine rings is 1. The van der Waals surface area contributed by atoms with Gasteiger partial charge in [0.15, 0.2) is 0 Å². The Balaban J connectivity index is 2.16. The normalized spacial score (nSPS) is 19.5. The second kappa shape index (κ2) is 6.49. The molecule has 1 fully saturated rings. The molecule has 1 aromatic rings. The molecule has 0 aromatic heterocycles. The number of hydrogen-bond donors (Lipinski definition) is 1. The zero-order valence-electron chi connectivity index (χ0n) is 11.2. The highest BCUT2D eigenvalue weighted by molar-refractivity contribution is 5.67. The molecule has 4 nitrogen and oxygen atoms in total. The first-order chi connectivity index (χ1) is 9.60. The summed E-state index contributed by atoms with van der Waals surface area (Å²) in [7, 11) is 0. The number of nitriles is 1. The predicted molar refractivity (Wildman–Crippen MR) is 71.4 cm³/mol. The standard InChI is InChI=1S/C15H17FN2O2/c16-13-5-4-11(9-17)12(7-13)10-18-6-2-1-3-14(18)8-15(19)20/h4-5,7,14H,1-3,6,8,10H2,(H,19,20). The quantitative estimate of drug-likeness (QED) is 0.917. The van der Waals surface area contributed by atoms with Gasteiger partial charge in [-0.25, -0.2) is 4.39 Å². The van der Waals surface area contributed by atoms with E-state index in [2.05, 4.69) is 6.07 Å². The van der Waals surface area contributed by atoms with E-state index < -0.39 is 5.97 Å². The van der Waals surface area contributed by atoms with E-state index in [0.29, 0.717) is 17.7 Å². The number of carbonyl (C=O) groups is 1. The highest BCUT2D eigenvalue weighted by atomic mass is 19.1. The molecule has 0 saturated carbocycles. The number of likely N-dealkylation sites (tertiary alicyclic amines) is 1. The Morgan fingerprint density at radius 1 is 1.50 bits per heavy atom. The first-order valence-corrected chi connectivity index (χ1v) is 6.74. The van der Waals surface area contributed by atoms with Crippen molar-refractivity contribution in [3.8, 4) is 6.07 Å². The summed E-state index contributed by atoms with van der Waals surface area (Å²) in [4.78, 5) is 13.0. The van der Waals surface area contributed by atoms with Crippen LogP contribution in [0.5, 0.6) is 0 Å². The summed E-state index contributed by atoms with van der Waals surface area (Å²) in [5.74, 6) is -1.19. The van der Waals surface area contributed by atoms with E-state index in [1.165, 1.54) is 18.2 Å². The van der Waals surface area contributed by atoms with E-state index >= 15 is 0 Å². The van der Waals surface area contributed by atoms with Gasteiger partial charge in [0.25, 0.3) is 0 Å². The van der Waals surface area contributed by atoms with E-state index in [1.807, 2.05) is 4.90 Å². The van der Waals surface area contributed by atoms with E-state index in [0.717, 1.165) is 25.8 Å². The van der Waals surface area contributed by atoms with E-state index in [1.54, 1.807) is 0 Å². The molecular weight excluding hydrogens is 259 g/mol. The number of nitrogens with zero attached hydrogens (tertiary/aromatic N) is 2. The van der Waals surface area contributed by atoms with Crippen LogP contribution in [0.2, 0.25) is 0 Å². The number of benzene rings is 1. The Morgan fingerprint density at radius 3 is 3.00 bits per heavy atom. The van der Waals surface area contributed by atoms with Crippen LogP contribution in [-0.2, 0) is 11.3 Å². The number of halogens is 1. The third kappa shape index (κ3) is 3.55. The average molecular weight is 276 g/mol. The first-order valence-electron chi connectivity index (χ1n) is 6.74. The first kappa shape index (κ1) is 14.5. The molecule has 5 heteroatoms. The molecule has 1 unspecified atom stereocenters. The Bertz CT molecular complexity index is 539. The molecule has 106 valence electrons. The van der Waals surface area contributed by atoms with Crippen molar-refractivity contribution in [1.29, 1.82) is 5.26 Å². The molecule has 1 aliphatic heterocycles. The Morgan fingerprint density at radius 2 is 2.30 bits per heavy atom. The summed E-state index contributed by atoms with van der Waals surface area (Å²) < 4.78 is 13.3. The lowest BCUT2D eigenvalue weighted by molar-refractivity contribution is -0.138. The van der Waals surface area contributed by atoms with E-state index in [-0.39, 0.29) is 18.3 Å². The molecular formula is C15H17FN2O2. The van der Waals surface area contributed by atoms with Crippen LogP contribution in [0.15, 0.2) is 18.2 Å². The predicted octanol–water partition coefficient (Wildman–Crippen LogP) is 2.53. The molecule has 2 rings (SSSR count). The molecule has 20 heavy (non-hydrogen) atoms. The Labute approximate surface area is 117 Å². The zero-order valence-corrected chi connectivity index (χ0v) is 11.2. The Kier molecular flexibility index (Phi) is 4.70. The topological polar surface area (TPSA) is 64.3 Å². The van der Waals surface area contributed by atoms with Crippen LogP contribution in [0.25, 0.3) is 0 Å². The number of carboxylic acid groups (broad SMARTS) is 1. The van der Waals surface area contributed by atoms with Gasteiger partial charge in [-0.15, -0.1) is 0 Å². The molecule has 1 saturated heterocycles. The molecule has 1 atom stereocenters. The monoisotopic (exact) mass is 276 g/mol. The van der Waals surface area contributed by atoms with Gasteiger partial charge in [0.2, 0.25) is 0 Å². The second-order valence-corrected chi connectivity index (χ2v) is 5.13. The number of aliphatic carboxylic acids is 1. The maximum atomic E-state index is 13.3. The molecule has 0 aliphatic carbocycles. The molecule has 1 aliphatic rings. The fourth-order valence-electron chi connectivity index (χ4n) is 2.72. The van der Waals surface area contributed by atoms with E-state index in [9.17, 15) is 9.18 Å². The molecule has 0 bridgehead atoms. The van der Waals surface area contributed by atoms with Gasteiger partial charge in [0.1, 0.15) is 5.82 Å². The van der Waals surface area contributed by atoms with Crippen molar-refractivity contribution in [2.24, 2.45) is 0 Å². The van der Waals surface area contributed by atoms with Gasteiger partial charge in [-0.05, 0) is 43.1 Å². The molecule has 0 radical (unpaired) electrons. The lowest BCUT2D eigenvalue weighted by Gasteiger charge is -2.35. The fraction of sp³-hybridized carbons (Fsp3) is 0.467. The van der Waals surface area contributed by atoms with Crippen molar-refractivity contribution >= 4 is 5.97 Å². The van der Waals surface area contributed by atoms with Crippen molar-refractivity contribution in [1.82, 2.24) is 4.90 Å². The van der Waals surface area contributed by atoms with Crippen molar-refractivity contribution in [2.45, 2.75) is 38.3 Å². The number of hydrogen-bond acceptors (Lipinski definition) is 3. The van der Waals surface area contributed by atoms with Gasteiger partial charge in [0.05, 0.1) is 18.1 Å². The highest BCUT2D eigenvalue weighted by Gasteiger charge is 2.25. The van der Waals surface area contributed by atoms with Crippen molar-refractivity contribution in [3.05, 3.63) is 35.1 Å². The van der Waals surface area contributed by atoms with Gasteiger partial charge >= 0.3 is 5.97 Å². The van der Waals surface area contributed by atoms with E-state index in [4.69, 9.17) is 10.4 Å². The summed E-state index contributed by atoms with van der Waals surface area (Å²) in [5.41, 5.74) is 1.08. The lowest BCUT2D eigenvalue weighted by Crippen LogP contribution is -2.40. The summed E-state index contributed by atoms with van der Waals surface area (Å²) in [6.45, 7) is 1.22. The van der Waals surface area contributed by atoms with Crippen molar-refractivity contribution in [3.63, 3.8) is 0 Å². The minimum absolute atomic E-state index is 0.0314. The van der Waals surface area contributed by atoms with Crippen LogP contribution in [0.3, 0.4) is 0 Å². The summed E-state index contributed by atoms with van der Waals surface area (Å²) in [5, 5.41) is 18.0. The Hall–Kier alpha value is -1.93. The second-order valence-electron chi connectivity index (χ2n) is 5.13. The average Bonchev–Trinajstić information content (AvgIpc) is 2.41. The SMILES string of the molecule is N#Cc1ccc(F)cc1CN1CCCCC1CC(=O)O. The maximum Gasteiger partial charge on any atom is 0.304 e. The third-order valence-electron chi connectivity index (χ3n) is 3.72. The highest BCUT2D eigenvalue weighted by Crippen LogP contribution is 2.23. The summed E-state index contributed by atoms with van der Waals surface area (Å²) >= 11 is 0. The zero-order chi connectivity index (χ0) is 14.5. The number of rotatable bonds is 4. The van der Waals surface area contributed by atoms with Crippen LogP contribution >= 0.6 is 0 Å². The van der Waals surface area contributed by atoms with Crippen LogP contribution in [0.4, 0.5) is 4.39 Å². The maximum absolute atomic E-state index is 13.3. The minimum Gasteiger partial charge on any atom is -0.481 e. The van der Waals surface area contributed by atoms with Gasteiger partial charge < -0.3 is 5.11 Å². The van der Waals surface area contributed by atoms with Gasteiger partial charge in [0, 0.05) is 12.6 Å². The summed E-state index contributed by atoms with van der Waals surface area (Å²) in [6, 6.07) is 6.14. The van der Waals surface area contributed by atoms with Crippen LogP contribution < -0.4 is 0 Å².